The van der Waals surface area contributed by atoms with Gasteiger partial charge in [-0.25, -0.2) is 8.42 Å². The van der Waals surface area contributed by atoms with E-state index >= 15 is 0 Å². The van der Waals surface area contributed by atoms with Gasteiger partial charge in [0, 0.05) is 17.8 Å². The van der Waals surface area contributed by atoms with Crippen LogP contribution >= 0.6 is 0 Å². The van der Waals surface area contributed by atoms with Gasteiger partial charge in [0.2, 0.25) is 0 Å². The molecule has 0 N–H and O–H groups in total. The number of nitrogens with zero attached hydrogens (tertiary/aromatic N) is 3. The Kier molecular flexibility index (Phi) is 3.42. The molecule has 0 fully saturated rings. The molecule has 0 saturated heterocycles. The molecule has 0 aliphatic heterocycles. The molecule has 2 heterocycles. The van der Waals surface area contributed by atoms with Crippen LogP contribution in [0.5, 0.6) is 0 Å². The monoisotopic (exact) mass is 379 g/mol. The highest BCUT2D eigenvalue weighted by atomic mass is 32.2. The summed E-state index contributed by atoms with van der Waals surface area (Å²) in [5, 5.41) is 5.90. The number of rotatable bonds is 2. The zero-order chi connectivity index (χ0) is 18.7. The van der Waals surface area contributed by atoms with E-state index in [0.29, 0.717) is 0 Å². The second-order valence-electron chi connectivity index (χ2n) is 5.95. The van der Waals surface area contributed by atoms with E-state index in [2.05, 4.69) is 5.10 Å². The molecule has 4 aromatic rings. The molecule has 9 heteroatoms. The lowest BCUT2D eigenvalue weighted by molar-refractivity contribution is -0.137. The highest BCUT2D eigenvalue weighted by molar-refractivity contribution is 7.89. The number of hydrogen-bond donors (Lipinski definition) is 0. The summed E-state index contributed by atoms with van der Waals surface area (Å²) in [6.45, 7) is 0. The predicted molar refractivity (Wildman–Crippen MR) is 91.8 cm³/mol. The van der Waals surface area contributed by atoms with Crippen LogP contribution < -0.4 is 0 Å². The highest BCUT2D eigenvalue weighted by Gasteiger charge is 2.32. The van der Waals surface area contributed by atoms with Gasteiger partial charge in [0.15, 0.2) is 5.82 Å². The SMILES string of the molecule is CS(=O)(=O)n1nc(-n2cc3ccccc3c2)c2cc(C(F)(F)F)ccc21. The van der Waals surface area contributed by atoms with Gasteiger partial charge in [-0.05, 0) is 29.0 Å². The molecule has 2 aromatic carbocycles. The van der Waals surface area contributed by atoms with Gasteiger partial charge < -0.3 is 4.57 Å². The molecule has 0 radical (unpaired) electrons. The zero-order valence-electron chi connectivity index (χ0n) is 13.4. The summed E-state index contributed by atoms with van der Waals surface area (Å²) in [4.78, 5) is 0. The Morgan fingerprint density at radius 2 is 1.62 bits per heavy atom. The molecule has 2 aromatic heterocycles. The maximum absolute atomic E-state index is 13.1. The largest absolute Gasteiger partial charge is 0.416 e. The predicted octanol–water partition coefficient (Wildman–Crippen LogP) is 3.81. The van der Waals surface area contributed by atoms with Crippen LogP contribution in [0, 0.1) is 0 Å². The van der Waals surface area contributed by atoms with Crippen molar-refractivity contribution in [2.75, 3.05) is 6.26 Å². The molecule has 0 unspecified atom stereocenters. The summed E-state index contributed by atoms with van der Waals surface area (Å²) in [5.41, 5.74) is -0.774. The normalized spacial score (nSPS) is 12.9. The number of hydrogen-bond acceptors (Lipinski definition) is 3. The van der Waals surface area contributed by atoms with Crippen LogP contribution in [-0.4, -0.2) is 28.4 Å². The maximum atomic E-state index is 13.1. The van der Waals surface area contributed by atoms with Crippen molar-refractivity contribution in [3.8, 4) is 5.82 Å². The Hall–Kier alpha value is -2.81. The molecule has 26 heavy (non-hydrogen) atoms. The van der Waals surface area contributed by atoms with Crippen molar-refractivity contribution < 1.29 is 21.6 Å². The second kappa shape index (κ2) is 5.34. The highest BCUT2D eigenvalue weighted by Crippen LogP contribution is 2.34. The van der Waals surface area contributed by atoms with Crippen LogP contribution in [0.4, 0.5) is 13.2 Å². The molecule has 0 aliphatic carbocycles. The lowest BCUT2D eigenvalue weighted by Crippen LogP contribution is -2.12. The van der Waals surface area contributed by atoms with Crippen LogP contribution in [0.3, 0.4) is 0 Å². The first-order valence-electron chi connectivity index (χ1n) is 7.52. The zero-order valence-corrected chi connectivity index (χ0v) is 14.2. The van der Waals surface area contributed by atoms with Gasteiger partial charge in [0.25, 0.3) is 10.0 Å². The summed E-state index contributed by atoms with van der Waals surface area (Å²) < 4.78 is 65.6. The van der Waals surface area contributed by atoms with Crippen LogP contribution in [0.25, 0.3) is 27.5 Å². The van der Waals surface area contributed by atoms with Crippen LogP contribution in [-0.2, 0) is 16.2 Å². The Morgan fingerprint density at radius 3 is 2.15 bits per heavy atom. The van der Waals surface area contributed by atoms with E-state index < -0.39 is 21.8 Å². The Bertz CT molecular complexity index is 1220. The average molecular weight is 379 g/mol. The minimum atomic E-state index is -4.54. The summed E-state index contributed by atoms with van der Waals surface area (Å²) in [6.07, 6.45) is -0.193. The smallest absolute Gasteiger partial charge is 0.305 e. The van der Waals surface area contributed by atoms with E-state index in [1.54, 1.807) is 12.4 Å². The molecule has 0 atom stereocenters. The molecule has 5 nitrogen and oxygen atoms in total. The van der Waals surface area contributed by atoms with E-state index in [0.717, 1.165) is 39.3 Å². The van der Waals surface area contributed by atoms with Gasteiger partial charge >= 0.3 is 6.18 Å². The minimum Gasteiger partial charge on any atom is -0.305 e. The Morgan fingerprint density at radius 1 is 1.00 bits per heavy atom. The van der Waals surface area contributed by atoms with Gasteiger partial charge in [0.1, 0.15) is 0 Å². The van der Waals surface area contributed by atoms with Crippen molar-refractivity contribution in [3.05, 3.63) is 60.4 Å². The topological polar surface area (TPSA) is 56.9 Å². The van der Waals surface area contributed by atoms with Gasteiger partial charge in [-0.15, -0.1) is 5.10 Å². The van der Waals surface area contributed by atoms with Crippen molar-refractivity contribution in [1.82, 2.24) is 13.8 Å². The van der Waals surface area contributed by atoms with Crippen LogP contribution in [0.1, 0.15) is 5.56 Å². The fourth-order valence-corrected chi connectivity index (χ4v) is 3.64. The molecule has 4 rings (SSSR count). The fraction of sp³-hybridized carbons (Fsp3) is 0.118. The summed E-state index contributed by atoms with van der Waals surface area (Å²) in [5.74, 6) is 0.118. The van der Waals surface area contributed by atoms with E-state index in [4.69, 9.17) is 0 Å². The first-order chi connectivity index (χ1) is 12.1. The molecule has 0 amide bonds. The number of fused-ring (bicyclic) bond motifs is 2. The van der Waals surface area contributed by atoms with Crippen LogP contribution in [0.2, 0.25) is 0 Å². The molecule has 0 spiro atoms. The summed E-state index contributed by atoms with van der Waals surface area (Å²) >= 11 is 0. The van der Waals surface area contributed by atoms with E-state index in [9.17, 15) is 21.6 Å². The third kappa shape index (κ3) is 2.64. The number of halogens is 3. The second-order valence-corrected chi connectivity index (χ2v) is 7.77. The summed E-state index contributed by atoms with van der Waals surface area (Å²) in [6, 6.07) is 10.3. The third-order valence-corrected chi connectivity index (χ3v) is 4.97. The molecular formula is C17H12F3N3O2S. The quantitative estimate of drug-likeness (QED) is 0.532. The Balaban J connectivity index is 2.06. The summed E-state index contributed by atoms with van der Waals surface area (Å²) in [7, 11) is -3.78. The van der Waals surface area contributed by atoms with E-state index in [1.807, 2.05) is 24.3 Å². The molecule has 0 saturated carbocycles. The van der Waals surface area contributed by atoms with Crippen molar-refractivity contribution in [3.63, 3.8) is 0 Å². The first kappa shape index (κ1) is 16.6. The molecule has 0 aliphatic rings. The van der Waals surface area contributed by atoms with Crippen molar-refractivity contribution in [1.29, 1.82) is 0 Å². The van der Waals surface area contributed by atoms with Crippen molar-refractivity contribution >= 4 is 31.7 Å². The number of benzene rings is 2. The van der Waals surface area contributed by atoms with E-state index in [1.165, 1.54) is 4.57 Å². The van der Waals surface area contributed by atoms with E-state index in [-0.39, 0.29) is 16.7 Å². The standard InChI is InChI=1S/C17H12F3N3O2S/c1-26(24,25)23-15-7-6-13(17(18,19)20)8-14(15)16(21-23)22-9-11-4-2-3-5-12(11)10-22/h2-10H,1H3. The molecule has 134 valence electrons. The van der Waals surface area contributed by atoms with Crippen LogP contribution in [0.15, 0.2) is 54.9 Å². The van der Waals surface area contributed by atoms with Crippen molar-refractivity contribution in [2.24, 2.45) is 0 Å². The molecule has 0 bridgehead atoms. The minimum absolute atomic E-state index is 0.0910. The average Bonchev–Trinajstić information content (AvgIpc) is 3.14. The van der Waals surface area contributed by atoms with Crippen molar-refractivity contribution in [2.45, 2.75) is 6.18 Å². The van der Waals surface area contributed by atoms with Gasteiger partial charge in [-0.3, -0.25) is 0 Å². The van der Waals surface area contributed by atoms with Gasteiger partial charge in [-0.1, -0.05) is 24.3 Å². The Labute approximate surface area is 146 Å². The van der Waals surface area contributed by atoms with Gasteiger partial charge in [0.05, 0.1) is 17.3 Å². The maximum Gasteiger partial charge on any atom is 0.416 e. The fourth-order valence-electron chi connectivity index (χ4n) is 2.90. The molecular weight excluding hydrogens is 367 g/mol. The number of aromatic nitrogens is 3. The lowest BCUT2D eigenvalue weighted by Gasteiger charge is -2.07. The number of alkyl halides is 3. The lowest BCUT2D eigenvalue weighted by atomic mass is 10.1. The third-order valence-electron chi connectivity index (χ3n) is 4.07. The first-order valence-corrected chi connectivity index (χ1v) is 9.37. The van der Waals surface area contributed by atoms with Gasteiger partial charge in [-0.2, -0.15) is 17.3 Å².